The fourth-order valence-electron chi connectivity index (χ4n) is 1.52. The average molecular weight is 280 g/mol. The topological polar surface area (TPSA) is 52.9 Å². The predicted octanol–water partition coefficient (Wildman–Crippen LogP) is 2.39. The zero-order valence-corrected chi connectivity index (χ0v) is 11.0. The highest BCUT2D eigenvalue weighted by atomic mass is 35.5. The molecule has 0 aliphatic carbocycles. The van der Waals surface area contributed by atoms with Crippen LogP contribution in [0.3, 0.4) is 0 Å². The Morgan fingerprint density at radius 1 is 1.12 bits per heavy atom. The largest absolute Gasteiger partial charge is 0.506 e. The molecule has 96 valence electrons. The summed E-state index contributed by atoms with van der Waals surface area (Å²) < 4.78 is 4.90. The van der Waals surface area contributed by atoms with Gasteiger partial charge < -0.3 is 19.8 Å². The highest BCUT2D eigenvalue weighted by molar-refractivity contribution is 6.18. The molecule has 1 rings (SSSR count). The summed E-state index contributed by atoms with van der Waals surface area (Å²) in [6.45, 7) is 1.07. The maximum Gasteiger partial charge on any atom is 0.164 e. The number of ether oxygens (including phenoxy) is 1. The van der Waals surface area contributed by atoms with E-state index in [0.29, 0.717) is 30.5 Å². The summed E-state index contributed by atoms with van der Waals surface area (Å²) >= 11 is 11.4. The van der Waals surface area contributed by atoms with Crippen LogP contribution in [0.4, 0.5) is 5.69 Å². The molecule has 0 aliphatic heterocycles. The molecule has 2 N–H and O–H groups in total. The maximum atomic E-state index is 9.85. The summed E-state index contributed by atoms with van der Waals surface area (Å²) in [6, 6.07) is 2.80. The van der Waals surface area contributed by atoms with Gasteiger partial charge in [-0.1, -0.05) is 0 Å². The van der Waals surface area contributed by atoms with Gasteiger partial charge in [-0.05, 0) is 0 Å². The molecular formula is C11H15Cl2NO3. The number of alkyl halides is 2. The van der Waals surface area contributed by atoms with Gasteiger partial charge in [0.05, 0.1) is 12.8 Å². The molecule has 6 heteroatoms. The van der Waals surface area contributed by atoms with Gasteiger partial charge in [-0.3, -0.25) is 0 Å². The van der Waals surface area contributed by atoms with Crippen molar-refractivity contribution >= 4 is 28.9 Å². The SMILES string of the molecule is COc1cc(O)c(N(CCCl)CCCl)cc1O. The lowest BCUT2D eigenvalue weighted by atomic mass is 10.2. The van der Waals surface area contributed by atoms with Gasteiger partial charge in [0.1, 0.15) is 5.75 Å². The molecule has 0 atom stereocenters. The van der Waals surface area contributed by atoms with Crippen LogP contribution in [-0.4, -0.2) is 42.2 Å². The lowest BCUT2D eigenvalue weighted by Gasteiger charge is -2.24. The van der Waals surface area contributed by atoms with Crippen LogP contribution < -0.4 is 9.64 Å². The van der Waals surface area contributed by atoms with E-state index in [0.717, 1.165) is 0 Å². The van der Waals surface area contributed by atoms with E-state index in [1.54, 1.807) is 4.90 Å². The Balaban J connectivity index is 3.05. The van der Waals surface area contributed by atoms with Gasteiger partial charge in [-0.2, -0.15) is 0 Å². The van der Waals surface area contributed by atoms with Crippen LogP contribution in [0, 0.1) is 0 Å². The molecule has 0 amide bonds. The van der Waals surface area contributed by atoms with E-state index in [2.05, 4.69) is 0 Å². The van der Waals surface area contributed by atoms with E-state index in [-0.39, 0.29) is 17.2 Å². The number of hydrogen-bond acceptors (Lipinski definition) is 4. The minimum Gasteiger partial charge on any atom is -0.506 e. The van der Waals surface area contributed by atoms with Crippen molar-refractivity contribution in [3.8, 4) is 17.2 Å². The molecule has 1 aromatic rings. The second-order valence-electron chi connectivity index (χ2n) is 3.38. The van der Waals surface area contributed by atoms with Gasteiger partial charge in [-0.15, -0.1) is 23.2 Å². The number of phenolic OH excluding ortho intramolecular Hbond substituents is 2. The third-order valence-electron chi connectivity index (χ3n) is 2.33. The van der Waals surface area contributed by atoms with Gasteiger partial charge >= 0.3 is 0 Å². The zero-order valence-electron chi connectivity index (χ0n) is 9.49. The van der Waals surface area contributed by atoms with Crippen molar-refractivity contribution in [2.75, 3.05) is 36.9 Å². The smallest absolute Gasteiger partial charge is 0.164 e. The number of nitrogens with zero attached hydrogens (tertiary/aromatic N) is 1. The van der Waals surface area contributed by atoms with Crippen molar-refractivity contribution in [2.45, 2.75) is 0 Å². The van der Waals surface area contributed by atoms with Crippen molar-refractivity contribution in [1.29, 1.82) is 0 Å². The Labute approximate surface area is 110 Å². The molecule has 17 heavy (non-hydrogen) atoms. The number of phenols is 2. The standard InChI is InChI=1S/C11H15Cl2NO3/c1-17-11-7-9(15)8(6-10(11)16)14(4-2-12)5-3-13/h6-7,15-16H,2-5H2,1H3. The molecule has 0 saturated heterocycles. The predicted molar refractivity (Wildman–Crippen MR) is 70.0 cm³/mol. The Hall–Kier alpha value is -1.00. The minimum absolute atomic E-state index is 0.0230. The summed E-state index contributed by atoms with van der Waals surface area (Å²) in [6.07, 6.45) is 0. The fraction of sp³-hybridized carbons (Fsp3) is 0.455. The molecule has 0 spiro atoms. The van der Waals surface area contributed by atoms with Crippen molar-refractivity contribution in [3.05, 3.63) is 12.1 Å². The van der Waals surface area contributed by atoms with Crippen molar-refractivity contribution in [1.82, 2.24) is 0 Å². The van der Waals surface area contributed by atoms with E-state index in [4.69, 9.17) is 27.9 Å². The first-order chi connectivity index (χ1) is 8.13. The maximum absolute atomic E-state index is 9.85. The highest BCUT2D eigenvalue weighted by Gasteiger charge is 2.14. The monoisotopic (exact) mass is 279 g/mol. The molecule has 0 unspecified atom stereocenters. The second kappa shape index (κ2) is 6.67. The molecule has 0 saturated carbocycles. The summed E-state index contributed by atoms with van der Waals surface area (Å²) in [5.41, 5.74) is 0.490. The number of hydrogen-bond donors (Lipinski definition) is 2. The highest BCUT2D eigenvalue weighted by Crippen LogP contribution is 2.38. The lowest BCUT2D eigenvalue weighted by molar-refractivity contribution is 0.368. The van der Waals surface area contributed by atoms with Gasteiger partial charge in [0.2, 0.25) is 0 Å². The van der Waals surface area contributed by atoms with Crippen LogP contribution in [0.1, 0.15) is 0 Å². The van der Waals surface area contributed by atoms with Crippen LogP contribution in [-0.2, 0) is 0 Å². The number of halogens is 2. The van der Waals surface area contributed by atoms with Crippen molar-refractivity contribution < 1.29 is 14.9 Å². The van der Waals surface area contributed by atoms with E-state index >= 15 is 0 Å². The summed E-state index contributed by atoms with van der Waals surface area (Å²) in [7, 11) is 1.42. The summed E-state index contributed by atoms with van der Waals surface area (Å²) in [5, 5.41) is 19.5. The van der Waals surface area contributed by atoms with Crippen molar-refractivity contribution in [2.24, 2.45) is 0 Å². The molecule has 0 fully saturated rings. The van der Waals surface area contributed by atoms with Crippen molar-refractivity contribution in [3.63, 3.8) is 0 Å². The van der Waals surface area contributed by atoms with E-state index in [1.807, 2.05) is 0 Å². The number of rotatable bonds is 6. The average Bonchev–Trinajstić information content (AvgIpc) is 2.31. The molecule has 0 bridgehead atoms. The first kappa shape index (κ1) is 14.1. The molecule has 0 radical (unpaired) electrons. The molecule has 0 aromatic heterocycles. The number of benzene rings is 1. The summed E-state index contributed by atoms with van der Waals surface area (Å²) in [4.78, 5) is 1.80. The van der Waals surface area contributed by atoms with E-state index < -0.39 is 0 Å². The molecule has 4 nitrogen and oxygen atoms in total. The third-order valence-corrected chi connectivity index (χ3v) is 2.66. The Kier molecular flexibility index (Phi) is 5.51. The Morgan fingerprint density at radius 2 is 1.71 bits per heavy atom. The first-order valence-corrected chi connectivity index (χ1v) is 6.17. The Morgan fingerprint density at radius 3 is 2.18 bits per heavy atom. The number of aromatic hydroxyl groups is 2. The molecule has 0 heterocycles. The number of methoxy groups -OCH3 is 1. The van der Waals surface area contributed by atoms with Crippen LogP contribution in [0.5, 0.6) is 17.2 Å². The minimum atomic E-state index is -0.0329. The normalized spacial score (nSPS) is 10.3. The lowest BCUT2D eigenvalue weighted by Crippen LogP contribution is -2.27. The molecular weight excluding hydrogens is 265 g/mol. The van der Waals surface area contributed by atoms with Crippen LogP contribution in [0.2, 0.25) is 0 Å². The quantitative estimate of drug-likeness (QED) is 0.620. The molecule has 1 aromatic carbocycles. The van der Waals surface area contributed by atoms with Gasteiger partial charge in [-0.25, -0.2) is 0 Å². The van der Waals surface area contributed by atoms with E-state index in [9.17, 15) is 10.2 Å². The van der Waals surface area contributed by atoms with Crippen LogP contribution >= 0.6 is 23.2 Å². The van der Waals surface area contributed by atoms with Crippen LogP contribution in [0.25, 0.3) is 0 Å². The van der Waals surface area contributed by atoms with Crippen LogP contribution in [0.15, 0.2) is 12.1 Å². The number of anilines is 1. The fourth-order valence-corrected chi connectivity index (χ4v) is 1.93. The van der Waals surface area contributed by atoms with Gasteiger partial charge in [0, 0.05) is 37.0 Å². The zero-order chi connectivity index (χ0) is 12.8. The van der Waals surface area contributed by atoms with Gasteiger partial charge in [0.25, 0.3) is 0 Å². The second-order valence-corrected chi connectivity index (χ2v) is 4.13. The van der Waals surface area contributed by atoms with Gasteiger partial charge in [0.15, 0.2) is 11.5 Å². The first-order valence-electron chi connectivity index (χ1n) is 5.10. The summed E-state index contributed by atoms with van der Waals surface area (Å²) in [5.74, 6) is 1.03. The van der Waals surface area contributed by atoms with E-state index in [1.165, 1.54) is 19.2 Å². The molecule has 0 aliphatic rings. The third kappa shape index (κ3) is 3.48. The Bertz CT molecular complexity index is 368.